The number of fused-ring (bicyclic) bond motifs is 1. The minimum Gasteiger partial charge on any atom is -0.460 e. The molecule has 2 heterocycles. The Bertz CT molecular complexity index is 918. The number of carbonyl (C=O) groups excluding carboxylic acids is 2. The highest BCUT2D eigenvalue weighted by Gasteiger charge is 2.57. The Kier molecular flexibility index (Phi) is 4.80. The number of nitro groups is 1. The molecule has 2 saturated heterocycles. The number of nitrogens with zero attached hydrogens (tertiary/aromatic N) is 2. The van der Waals surface area contributed by atoms with Crippen LogP contribution in [0.5, 0.6) is 0 Å². The Balaban J connectivity index is 1.49. The van der Waals surface area contributed by atoms with Crippen molar-refractivity contribution in [3.8, 4) is 0 Å². The summed E-state index contributed by atoms with van der Waals surface area (Å²) in [5, 5.41) is 10.8. The summed E-state index contributed by atoms with van der Waals surface area (Å²) in [6.07, 6.45) is 0.939. The van der Waals surface area contributed by atoms with Crippen LogP contribution in [0.4, 0.5) is 5.69 Å². The van der Waals surface area contributed by atoms with Crippen LogP contribution in [0, 0.1) is 10.1 Å². The van der Waals surface area contributed by atoms with Gasteiger partial charge in [0.05, 0.1) is 16.7 Å². The maximum atomic E-state index is 13.1. The third kappa shape index (κ3) is 3.47. The maximum absolute atomic E-state index is 13.1. The summed E-state index contributed by atoms with van der Waals surface area (Å²) in [4.78, 5) is 36.9. The van der Waals surface area contributed by atoms with E-state index in [0.717, 1.165) is 5.56 Å². The average Bonchev–Trinajstić information content (AvgIpc) is 3.00. The maximum Gasteiger partial charge on any atom is 0.324 e. The summed E-state index contributed by atoms with van der Waals surface area (Å²) in [5.41, 5.74) is 1.68. The van der Waals surface area contributed by atoms with Crippen molar-refractivity contribution in [3.63, 3.8) is 0 Å². The molecule has 8 heteroatoms. The van der Waals surface area contributed by atoms with Crippen LogP contribution >= 0.6 is 11.8 Å². The molecular formula is C20H18N2O5S. The SMILES string of the molecule is O=C1C[C@H]2SC(Cc3ccccc3)(C(=O)OCc3ccc([N+](=O)[O-])cc3)CN12. The van der Waals surface area contributed by atoms with Gasteiger partial charge in [-0.05, 0) is 29.7 Å². The van der Waals surface area contributed by atoms with Crippen LogP contribution in [0.1, 0.15) is 17.5 Å². The highest BCUT2D eigenvalue weighted by Crippen LogP contribution is 2.49. The topological polar surface area (TPSA) is 89.8 Å². The van der Waals surface area contributed by atoms with Gasteiger partial charge in [-0.25, -0.2) is 0 Å². The van der Waals surface area contributed by atoms with Crippen LogP contribution in [0.3, 0.4) is 0 Å². The third-order valence-electron chi connectivity index (χ3n) is 5.03. The van der Waals surface area contributed by atoms with Gasteiger partial charge >= 0.3 is 5.97 Å². The molecule has 0 N–H and O–H groups in total. The van der Waals surface area contributed by atoms with E-state index in [1.54, 1.807) is 17.0 Å². The molecule has 28 heavy (non-hydrogen) atoms. The monoisotopic (exact) mass is 398 g/mol. The lowest BCUT2D eigenvalue weighted by atomic mass is 9.96. The number of amides is 1. The van der Waals surface area contributed by atoms with Crippen molar-refractivity contribution in [3.05, 3.63) is 75.8 Å². The molecule has 0 bridgehead atoms. The fourth-order valence-corrected chi connectivity index (χ4v) is 5.18. The van der Waals surface area contributed by atoms with E-state index in [4.69, 9.17) is 4.74 Å². The Morgan fingerprint density at radius 1 is 1.18 bits per heavy atom. The van der Waals surface area contributed by atoms with E-state index in [-0.39, 0.29) is 29.5 Å². The molecule has 0 saturated carbocycles. The predicted octanol–water partition coefficient (Wildman–Crippen LogP) is 2.92. The standard InChI is InChI=1S/C20H18N2O5S/c23-17-10-18-21(17)13-20(28-18,11-14-4-2-1-3-5-14)19(24)27-12-15-6-8-16(9-7-15)22(25)26/h1-9,18H,10-13H2/t18-,20?/m1/s1. The van der Waals surface area contributed by atoms with Gasteiger partial charge in [-0.3, -0.25) is 19.7 Å². The molecule has 2 aromatic carbocycles. The lowest BCUT2D eigenvalue weighted by Gasteiger charge is -2.32. The molecule has 2 aromatic rings. The molecule has 144 valence electrons. The molecule has 1 unspecified atom stereocenters. The number of thioether (sulfide) groups is 1. The Morgan fingerprint density at radius 2 is 1.89 bits per heavy atom. The van der Waals surface area contributed by atoms with Crippen molar-refractivity contribution in [1.29, 1.82) is 0 Å². The van der Waals surface area contributed by atoms with E-state index in [1.807, 2.05) is 30.3 Å². The number of non-ortho nitro benzene ring substituents is 1. The number of hydrogen-bond donors (Lipinski definition) is 0. The quantitative estimate of drug-likeness (QED) is 0.322. The summed E-state index contributed by atoms with van der Waals surface area (Å²) in [6.45, 7) is 0.377. The molecule has 0 spiro atoms. The lowest BCUT2D eigenvalue weighted by molar-refractivity contribution is -0.384. The molecule has 2 aliphatic rings. The minimum atomic E-state index is -0.834. The summed E-state index contributed by atoms with van der Waals surface area (Å²) >= 11 is 1.50. The van der Waals surface area contributed by atoms with Gasteiger partial charge in [0.15, 0.2) is 0 Å². The normalized spacial score (nSPS) is 23.1. The minimum absolute atomic E-state index is 0.00939. The zero-order valence-electron chi connectivity index (χ0n) is 14.9. The van der Waals surface area contributed by atoms with Crippen LogP contribution in [-0.2, 0) is 27.4 Å². The van der Waals surface area contributed by atoms with E-state index in [9.17, 15) is 19.7 Å². The Labute approximate surface area is 165 Å². The number of β-lactam (4-membered cyclic amide) rings is 1. The van der Waals surface area contributed by atoms with Gasteiger partial charge in [-0.2, -0.15) is 0 Å². The highest BCUT2D eigenvalue weighted by atomic mass is 32.2. The molecule has 2 fully saturated rings. The van der Waals surface area contributed by atoms with E-state index in [1.165, 1.54) is 23.9 Å². The number of esters is 1. The van der Waals surface area contributed by atoms with Crippen LogP contribution in [0.25, 0.3) is 0 Å². The van der Waals surface area contributed by atoms with Crippen LogP contribution in [0.2, 0.25) is 0 Å². The van der Waals surface area contributed by atoms with Gasteiger partial charge in [0.25, 0.3) is 5.69 Å². The molecule has 0 radical (unpaired) electrons. The zero-order chi connectivity index (χ0) is 19.7. The van der Waals surface area contributed by atoms with Crippen molar-refractivity contribution in [2.24, 2.45) is 0 Å². The van der Waals surface area contributed by atoms with Crippen molar-refractivity contribution < 1.29 is 19.2 Å². The van der Waals surface area contributed by atoms with Crippen LogP contribution in [0.15, 0.2) is 54.6 Å². The van der Waals surface area contributed by atoms with Gasteiger partial charge in [-0.1, -0.05) is 30.3 Å². The summed E-state index contributed by atoms with van der Waals surface area (Å²) in [6, 6.07) is 15.6. The molecule has 0 aliphatic carbocycles. The molecule has 2 aliphatic heterocycles. The zero-order valence-corrected chi connectivity index (χ0v) is 15.8. The number of hydrogen-bond acceptors (Lipinski definition) is 6. The molecular weight excluding hydrogens is 380 g/mol. The number of carbonyl (C=O) groups is 2. The molecule has 4 rings (SSSR count). The molecule has 0 aromatic heterocycles. The second-order valence-corrected chi connectivity index (χ2v) is 8.52. The van der Waals surface area contributed by atoms with Gasteiger partial charge in [-0.15, -0.1) is 11.8 Å². The van der Waals surface area contributed by atoms with E-state index < -0.39 is 9.67 Å². The molecule has 1 amide bonds. The lowest BCUT2D eigenvalue weighted by Crippen LogP contribution is -2.49. The number of nitro benzene ring substituents is 1. The summed E-state index contributed by atoms with van der Waals surface area (Å²) in [5.74, 6) is -0.294. The van der Waals surface area contributed by atoms with Crippen LogP contribution in [-0.4, -0.2) is 38.4 Å². The molecule has 2 atom stereocenters. The fourth-order valence-electron chi connectivity index (χ4n) is 3.50. The second kappa shape index (κ2) is 7.27. The Hall–Kier alpha value is -2.87. The van der Waals surface area contributed by atoms with Crippen molar-refractivity contribution >= 4 is 29.3 Å². The predicted molar refractivity (Wildman–Crippen MR) is 103 cm³/mol. The van der Waals surface area contributed by atoms with E-state index >= 15 is 0 Å². The smallest absolute Gasteiger partial charge is 0.324 e. The molecule has 7 nitrogen and oxygen atoms in total. The first-order valence-electron chi connectivity index (χ1n) is 8.89. The van der Waals surface area contributed by atoms with Gasteiger partial charge < -0.3 is 9.64 Å². The van der Waals surface area contributed by atoms with Gasteiger partial charge in [0, 0.05) is 18.7 Å². The summed E-state index contributed by atoms with van der Waals surface area (Å²) in [7, 11) is 0. The van der Waals surface area contributed by atoms with Crippen molar-refractivity contribution in [2.75, 3.05) is 6.54 Å². The van der Waals surface area contributed by atoms with Crippen molar-refractivity contribution in [1.82, 2.24) is 4.90 Å². The van der Waals surface area contributed by atoms with Gasteiger partial charge in [0.1, 0.15) is 11.4 Å². The Morgan fingerprint density at radius 3 is 2.50 bits per heavy atom. The second-order valence-electron chi connectivity index (χ2n) is 6.95. The number of rotatable bonds is 6. The fraction of sp³-hybridized carbons (Fsp3) is 0.300. The first-order chi connectivity index (χ1) is 13.5. The number of ether oxygens (including phenoxy) is 1. The van der Waals surface area contributed by atoms with Crippen LogP contribution < -0.4 is 0 Å². The van der Waals surface area contributed by atoms with E-state index in [0.29, 0.717) is 24.9 Å². The van der Waals surface area contributed by atoms with Gasteiger partial charge in [0.2, 0.25) is 5.91 Å². The first kappa shape index (κ1) is 18.5. The first-order valence-corrected chi connectivity index (χ1v) is 9.77. The third-order valence-corrected chi connectivity index (χ3v) is 6.61. The van der Waals surface area contributed by atoms with E-state index in [2.05, 4.69) is 0 Å². The highest BCUT2D eigenvalue weighted by molar-refractivity contribution is 8.02. The average molecular weight is 398 g/mol. The number of benzene rings is 2. The largest absolute Gasteiger partial charge is 0.460 e. The summed E-state index contributed by atoms with van der Waals surface area (Å²) < 4.78 is 4.75. The van der Waals surface area contributed by atoms with Crippen molar-refractivity contribution in [2.45, 2.75) is 29.6 Å².